The average Bonchev–Trinajstić information content (AvgIpc) is 2.50. The first kappa shape index (κ1) is 17.1. The molecule has 2 rings (SSSR count). The van der Waals surface area contributed by atoms with Gasteiger partial charge >= 0.3 is 0 Å². The number of thioether (sulfide) groups is 1. The zero-order valence-corrected chi connectivity index (χ0v) is 15.7. The molecule has 0 saturated heterocycles. The van der Waals surface area contributed by atoms with Crippen LogP contribution < -0.4 is 10.1 Å². The monoisotopic (exact) mass is 427 g/mol. The molecule has 0 aliphatic carbocycles. The van der Waals surface area contributed by atoms with E-state index in [0.717, 1.165) is 25.5 Å². The zero-order valence-electron chi connectivity index (χ0n) is 12.7. The molecule has 2 aromatic rings. The minimum atomic E-state index is -0.174. The number of ether oxygens (including phenoxy) is 1. The highest BCUT2D eigenvalue weighted by atomic mass is 127. The van der Waals surface area contributed by atoms with Gasteiger partial charge < -0.3 is 10.1 Å². The molecule has 0 aliphatic heterocycles. The van der Waals surface area contributed by atoms with E-state index in [-0.39, 0.29) is 11.2 Å². The number of aryl methyl sites for hydroxylation is 1. The van der Waals surface area contributed by atoms with E-state index in [1.54, 1.807) is 7.11 Å². The topological polar surface area (TPSA) is 38.3 Å². The number of nitrogens with one attached hydrogen (secondary N) is 1. The Hall–Kier alpha value is -1.21. The van der Waals surface area contributed by atoms with E-state index in [1.165, 1.54) is 11.8 Å². The summed E-state index contributed by atoms with van der Waals surface area (Å²) in [5.41, 5.74) is 1.94. The Morgan fingerprint density at radius 3 is 2.50 bits per heavy atom. The van der Waals surface area contributed by atoms with Crippen molar-refractivity contribution < 1.29 is 9.53 Å². The van der Waals surface area contributed by atoms with Crippen LogP contribution in [0.3, 0.4) is 0 Å². The summed E-state index contributed by atoms with van der Waals surface area (Å²) in [6, 6.07) is 13.7. The predicted molar refractivity (Wildman–Crippen MR) is 101 cm³/mol. The van der Waals surface area contributed by atoms with Gasteiger partial charge in [0.1, 0.15) is 5.75 Å². The van der Waals surface area contributed by atoms with Crippen molar-refractivity contribution in [2.24, 2.45) is 0 Å². The Labute approximate surface area is 149 Å². The Bertz CT molecular complexity index is 658. The van der Waals surface area contributed by atoms with E-state index in [9.17, 15) is 4.79 Å². The average molecular weight is 427 g/mol. The van der Waals surface area contributed by atoms with E-state index in [1.807, 2.05) is 50.2 Å². The van der Waals surface area contributed by atoms with Crippen LogP contribution in [-0.2, 0) is 4.79 Å². The first-order chi connectivity index (χ1) is 10.5. The minimum Gasteiger partial charge on any atom is -0.497 e. The molecule has 0 aliphatic rings. The van der Waals surface area contributed by atoms with Crippen molar-refractivity contribution in [3.63, 3.8) is 0 Å². The Morgan fingerprint density at radius 1 is 1.23 bits per heavy atom. The molecule has 3 nitrogen and oxygen atoms in total. The standard InChI is InChI=1S/C17H18INO2S/c1-11-10-13(18)4-9-16(11)19-17(20)12(2)22-15-7-5-14(21-3)6-8-15/h4-10,12H,1-3H3,(H,19,20)/t12-/m0/s1. The third-order valence-electron chi connectivity index (χ3n) is 3.19. The summed E-state index contributed by atoms with van der Waals surface area (Å²) >= 11 is 3.79. The van der Waals surface area contributed by atoms with Crippen LogP contribution in [-0.4, -0.2) is 18.3 Å². The number of methoxy groups -OCH3 is 1. The fourth-order valence-corrected chi connectivity index (χ4v) is 3.43. The number of amides is 1. The summed E-state index contributed by atoms with van der Waals surface area (Å²) in [4.78, 5) is 13.4. The van der Waals surface area contributed by atoms with Crippen LogP contribution in [0.25, 0.3) is 0 Å². The smallest absolute Gasteiger partial charge is 0.237 e. The van der Waals surface area contributed by atoms with Gasteiger partial charge in [0.2, 0.25) is 5.91 Å². The molecule has 0 aromatic heterocycles. The molecule has 0 radical (unpaired) electrons. The van der Waals surface area contributed by atoms with Crippen LogP contribution in [0.5, 0.6) is 5.75 Å². The van der Waals surface area contributed by atoms with E-state index in [4.69, 9.17) is 4.74 Å². The highest BCUT2D eigenvalue weighted by Gasteiger charge is 2.15. The predicted octanol–water partition coefficient (Wildman–Crippen LogP) is 4.73. The van der Waals surface area contributed by atoms with Crippen LogP contribution >= 0.6 is 34.4 Å². The number of halogens is 1. The Morgan fingerprint density at radius 2 is 1.91 bits per heavy atom. The van der Waals surface area contributed by atoms with Crippen molar-refractivity contribution in [2.45, 2.75) is 24.0 Å². The highest BCUT2D eigenvalue weighted by molar-refractivity contribution is 14.1. The molecule has 22 heavy (non-hydrogen) atoms. The molecule has 1 atom stereocenters. The highest BCUT2D eigenvalue weighted by Crippen LogP contribution is 2.26. The molecule has 5 heteroatoms. The Balaban J connectivity index is 1.99. The number of hydrogen-bond donors (Lipinski definition) is 1. The fourth-order valence-electron chi connectivity index (χ4n) is 1.91. The molecule has 0 saturated carbocycles. The number of hydrogen-bond acceptors (Lipinski definition) is 3. The van der Waals surface area contributed by atoms with Gasteiger partial charge in [-0.3, -0.25) is 4.79 Å². The lowest BCUT2D eigenvalue weighted by atomic mass is 10.2. The minimum absolute atomic E-state index is 0.00475. The summed E-state index contributed by atoms with van der Waals surface area (Å²) < 4.78 is 6.30. The van der Waals surface area contributed by atoms with Crippen LogP contribution in [0.2, 0.25) is 0 Å². The lowest BCUT2D eigenvalue weighted by Gasteiger charge is -2.14. The van der Waals surface area contributed by atoms with Crippen molar-refractivity contribution in [3.8, 4) is 5.75 Å². The molecule has 116 valence electrons. The second-order valence-electron chi connectivity index (χ2n) is 4.88. The molecular formula is C17H18INO2S. The summed E-state index contributed by atoms with van der Waals surface area (Å²) in [5.74, 6) is 0.820. The maximum Gasteiger partial charge on any atom is 0.237 e. The van der Waals surface area contributed by atoms with Crippen molar-refractivity contribution in [3.05, 3.63) is 51.6 Å². The van der Waals surface area contributed by atoms with Gasteiger partial charge in [0, 0.05) is 14.2 Å². The van der Waals surface area contributed by atoms with Crippen LogP contribution in [0.4, 0.5) is 5.69 Å². The largest absolute Gasteiger partial charge is 0.497 e. The van der Waals surface area contributed by atoms with E-state index in [0.29, 0.717) is 0 Å². The van der Waals surface area contributed by atoms with Crippen LogP contribution in [0, 0.1) is 10.5 Å². The molecule has 1 N–H and O–H groups in total. The number of carbonyl (C=O) groups excluding carboxylic acids is 1. The molecule has 2 aromatic carbocycles. The van der Waals surface area contributed by atoms with Gasteiger partial charge in [-0.1, -0.05) is 0 Å². The normalized spacial score (nSPS) is 11.8. The second kappa shape index (κ2) is 7.87. The Kier molecular flexibility index (Phi) is 6.14. The third-order valence-corrected chi connectivity index (χ3v) is 4.97. The van der Waals surface area contributed by atoms with Crippen molar-refractivity contribution in [2.75, 3.05) is 12.4 Å². The second-order valence-corrected chi connectivity index (χ2v) is 7.54. The zero-order chi connectivity index (χ0) is 16.1. The summed E-state index contributed by atoms with van der Waals surface area (Å²) in [5, 5.41) is 2.82. The van der Waals surface area contributed by atoms with Gasteiger partial charge in [0.05, 0.1) is 12.4 Å². The van der Waals surface area contributed by atoms with Gasteiger partial charge in [-0.25, -0.2) is 0 Å². The summed E-state index contributed by atoms with van der Waals surface area (Å²) in [7, 11) is 1.64. The first-order valence-corrected chi connectivity index (χ1v) is 8.83. The summed E-state index contributed by atoms with van der Waals surface area (Å²) in [6.07, 6.45) is 0. The van der Waals surface area contributed by atoms with Gasteiger partial charge in [-0.05, 0) is 84.5 Å². The number of rotatable bonds is 5. The maximum atomic E-state index is 12.3. The van der Waals surface area contributed by atoms with Crippen LogP contribution in [0.1, 0.15) is 12.5 Å². The summed E-state index contributed by atoms with van der Waals surface area (Å²) in [6.45, 7) is 3.91. The molecule has 0 fully saturated rings. The molecule has 0 bridgehead atoms. The maximum absolute atomic E-state index is 12.3. The number of benzene rings is 2. The molecule has 0 heterocycles. The lowest BCUT2D eigenvalue weighted by molar-refractivity contribution is -0.115. The van der Waals surface area contributed by atoms with Crippen molar-refractivity contribution in [1.82, 2.24) is 0 Å². The first-order valence-electron chi connectivity index (χ1n) is 6.87. The third kappa shape index (κ3) is 4.64. The molecule has 0 unspecified atom stereocenters. The number of carbonyl (C=O) groups is 1. The van der Waals surface area contributed by atoms with E-state index >= 15 is 0 Å². The molecule has 1 amide bonds. The van der Waals surface area contributed by atoms with Crippen molar-refractivity contribution >= 4 is 45.9 Å². The molecular weight excluding hydrogens is 409 g/mol. The van der Waals surface area contributed by atoms with E-state index in [2.05, 4.69) is 34.0 Å². The van der Waals surface area contributed by atoms with Gasteiger partial charge in [-0.15, -0.1) is 11.8 Å². The fraction of sp³-hybridized carbons (Fsp3) is 0.235. The van der Waals surface area contributed by atoms with Crippen molar-refractivity contribution in [1.29, 1.82) is 0 Å². The number of anilines is 1. The quantitative estimate of drug-likeness (QED) is 0.554. The van der Waals surface area contributed by atoms with Gasteiger partial charge in [0.15, 0.2) is 0 Å². The molecule has 0 spiro atoms. The van der Waals surface area contributed by atoms with E-state index < -0.39 is 0 Å². The lowest BCUT2D eigenvalue weighted by Crippen LogP contribution is -2.22. The van der Waals surface area contributed by atoms with Crippen LogP contribution in [0.15, 0.2) is 47.4 Å². The van der Waals surface area contributed by atoms with Gasteiger partial charge in [-0.2, -0.15) is 0 Å². The SMILES string of the molecule is COc1ccc(S[C@@H](C)C(=O)Nc2ccc(I)cc2C)cc1. The van der Waals surface area contributed by atoms with Gasteiger partial charge in [0.25, 0.3) is 0 Å².